The number of methoxy groups -OCH3 is 1. The van der Waals surface area contributed by atoms with Gasteiger partial charge in [-0.3, -0.25) is 19.0 Å². The molecule has 3 heterocycles. The molecule has 0 bridgehead atoms. The van der Waals surface area contributed by atoms with Gasteiger partial charge in [-0.2, -0.15) is 0 Å². The summed E-state index contributed by atoms with van der Waals surface area (Å²) in [7, 11) is 1.56. The molecule has 26 heavy (non-hydrogen) atoms. The van der Waals surface area contributed by atoms with E-state index in [0.717, 1.165) is 5.56 Å². The number of carbonyl (C=O) groups is 2. The first-order valence-corrected chi connectivity index (χ1v) is 8.12. The molecule has 0 aliphatic heterocycles. The van der Waals surface area contributed by atoms with E-state index in [2.05, 4.69) is 20.6 Å². The summed E-state index contributed by atoms with van der Waals surface area (Å²) >= 11 is 0. The molecule has 0 saturated carbocycles. The van der Waals surface area contributed by atoms with Gasteiger partial charge >= 0.3 is 0 Å². The molecular weight excluding hydrogens is 334 g/mol. The number of carbonyl (C=O) groups excluding carboxylic acids is 2. The van der Waals surface area contributed by atoms with Crippen molar-refractivity contribution in [2.24, 2.45) is 0 Å². The van der Waals surface area contributed by atoms with Gasteiger partial charge in [0.1, 0.15) is 0 Å². The number of hydrogen-bond donors (Lipinski definition) is 2. The van der Waals surface area contributed by atoms with Gasteiger partial charge in [0.15, 0.2) is 5.69 Å². The van der Waals surface area contributed by atoms with Crippen molar-refractivity contribution in [3.63, 3.8) is 0 Å². The van der Waals surface area contributed by atoms with Crippen molar-refractivity contribution in [2.75, 3.05) is 20.3 Å². The summed E-state index contributed by atoms with van der Waals surface area (Å²) in [6.45, 7) is 1.11. The highest BCUT2D eigenvalue weighted by Crippen LogP contribution is 2.13. The zero-order chi connectivity index (χ0) is 18.4. The number of pyridine rings is 2. The average Bonchev–Trinajstić information content (AvgIpc) is 3.07. The summed E-state index contributed by atoms with van der Waals surface area (Å²) in [5.41, 5.74) is 1.70. The summed E-state index contributed by atoms with van der Waals surface area (Å²) in [4.78, 5) is 33.1. The van der Waals surface area contributed by atoms with E-state index in [-0.39, 0.29) is 23.3 Å². The maximum absolute atomic E-state index is 12.6. The van der Waals surface area contributed by atoms with Crippen molar-refractivity contribution in [3.8, 4) is 0 Å². The van der Waals surface area contributed by atoms with E-state index in [1.165, 1.54) is 0 Å². The number of imidazole rings is 1. The second-order valence-corrected chi connectivity index (χ2v) is 5.53. The third-order valence-electron chi connectivity index (χ3n) is 3.76. The number of nitrogens with one attached hydrogen (secondary N) is 2. The Labute approximate surface area is 150 Å². The Bertz CT molecular complexity index is 908. The molecule has 0 unspecified atom stereocenters. The maximum atomic E-state index is 12.6. The van der Waals surface area contributed by atoms with Gasteiger partial charge in [-0.1, -0.05) is 6.07 Å². The molecule has 0 fully saturated rings. The van der Waals surface area contributed by atoms with E-state index in [1.54, 1.807) is 48.3 Å². The molecule has 0 aliphatic rings. The number of nitrogens with zero attached hydrogens (tertiary/aromatic N) is 3. The van der Waals surface area contributed by atoms with Crippen LogP contribution in [0.5, 0.6) is 0 Å². The topological polar surface area (TPSA) is 97.6 Å². The number of hydrogen-bond acceptors (Lipinski definition) is 5. The van der Waals surface area contributed by atoms with Crippen LogP contribution in [0.3, 0.4) is 0 Å². The molecule has 3 aromatic heterocycles. The lowest BCUT2D eigenvalue weighted by Crippen LogP contribution is -2.29. The first-order valence-electron chi connectivity index (χ1n) is 8.12. The number of fused-ring (bicyclic) bond motifs is 1. The van der Waals surface area contributed by atoms with Crippen molar-refractivity contribution in [1.29, 1.82) is 0 Å². The predicted octanol–water partition coefficient (Wildman–Crippen LogP) is 1.04. The molecule has 8 heteroatoms. The van der Waals surface area contributed by atoms with Crippen LogP contribution in [0.25, 0.3) is 5.52 Å². The smallest absolute Gasteiger partial charge is 0.287 e. The summed E-state index contributed by atoms with van der Waals surface area (Å²) in [6.07, 6.45) is 5.03. The standard InChI is InChI=1S/C18H19N5O3/c1-26-11-9-20-18(25)16-22-15(14-4-2-3-10-23(14)16)17(24)21-12-13-5-7-19-8-6-13/h2-8,10H,9,11-12H2,1H3,(H,20,25)(H,21,24). The van der Waals surface area contributed by atoms with Gasteiger partial charge in [0.05, 0.1) is 12.1 Å². The molecule has 2 amide bonds. The summed E-state index contributed by atoms with van der Waals surface area (Å²) in [5.74, 6) is -0.552. The molecule has 134 valence electrons. The van der Waals surface area contributed by atoms with E-state index in [9.17, 15) is 9.59 Å². The third-order valence-corrected chi connectivity index (χ3v) is 3.76. The third kappa shape index (κ3) is 3.86. The molecule has 2 N–H and O–H groups in total. The van der Waals surface area contributed by atoms with Gasteiger partial charge in [0, 0.05) is 38.8 Å². The van der Waals surface area contributed by atoms with Crippen LogP contribution in [0.15, 0.2) is 48.9 Å². The van der Waals surface area contributed by atoms with Crippen molar-refractivity contribution in [2.45, 2.75) is 6.54 Å². The minimum absolute atomic E-state index is 0.158. The Hall–Kier alpha value is -3.26. The minimum Gasteiger partial charge on any atom is -0.383 e. The lowest BCUT2D eigenvalue weighted by molar-refractivity contribution is 0.0926. The number of amides is 2. The Morgan fingerprint density at radius 2 is 1.92 bits per heavy atom. The highest BCUT2D eigenvalue weighted by Gasteiger charge is 2.21. The molecule has 0 atom stereocenters. The zero-order valence-electron chi connectivity index (χ0n) is 14.3. The van der Waals surface area contributed by atoms with Crippen molar-refractivity contribution in [1.82, 2.24) is 25.0 Å². The molecule has 3 rings (SSSR count). The van der Waals surface area contributed by atoms with Crippen LogP contribution in [0.4, 0.5) is 0 Å². The SMILES string of the molecule is COCCNC(=O)c1nc(C(=O)NCc2ccncc2)c2ccccn12. The van der Waals surface area contributed by atoms with Crippen LogP contribution in [-0.2, 0) is 11.3 Å². The molecule has 0 radical (unpaired) electrons. The molecular formula is C18H19N5O3. The first kappa shape index (κ1) is 17.6. The van der Waals surface area contributed by atoms with Crippen LogP contribution in [0.1, 0.15) is 26.7 Å². The second-order valence-electron chi connectivity index (χ2n) is 5.53. The van der Waals surface area contributed by atoms with Gasteiger partial charge in [-0.25, -0.2) is 4.98 Å². The van der Waals surface area contributed by atoms with Crippen LogP contribution in [0.2, 0.25) is 0 Å². The molecule has 0 spiro atoms. The van der Waals surface area contributed by atoms with E-state index < -0.39 is 0 Å². The van der Waals surface area contributed by atoms with Gasteiger partial charge in [0.25, 0.3) is 11.8 Å². The van der Waals surface area contributed by atoms with Crippen LogP contribution in [0, 0.1) is 0 Å². The minimum atomic E-state index is -0.364. The predicted molar refractivity (Wildman–Crippen MR) is 94.8 cm³/mol. The van der Waals surface area contributed by atoms with Gasteiger partial charge in [0.2, 0.25) is 5.82 Å². The second kappa shape index (κ2) is 8.21. The van der Waals surface area contributed by atoms with E-state index in [0.29, 0.717) is 25.2 Å². The van der Waals surface area contributed by atoms with Crippen molar-refractivity contribution < 1.29 is 14.3 Å². The van der Waals surface area contributed by atoms with E-state index in [1.807, 2.05) is 12.1 Å². The molecule has 3 aromatic rings. The van der Waals surface area contributed by atoms with Crippen LogP contribution < -0.4 is 10.6 Å². The first-order chi connectivity index (χ1) is 12.7. The maximum Gasteiger partial charge on any atom is 0.287 e. The monoisotopic (exact) mass is 353 g/mol. The van der Waals surface area contributed by atoms with E-state index in [4.69, 9.17) is 4.74 Å². The lowest BCUT2D eigenvalue weighted by atomic mass is 10.2. The van der Waals surface area contributed by atoms with E-state index >= 15 is 0 Å². The number of aromatic nitrogens is 3. The fourth-order valence-electron chi connectivity index (χ4n) is 2.48. The summed E-state index contributed by atoms with van der Waals surface area (Å²) < 4.78 is 6.52. The average molecular weight is 353 g/mol. The van der Waals surface area contributed by atoms with Crippen molar-refractivity contribution >= 4 is 17.3 Å². The highest BCUT2D eigenvalue weighted by atomic mass is 16.5. The lowest BCUT2D eigenvalue weighted by Gasteiger charge is -2.03. The Balaban J connectivity index is 1.81. The van der Waals surface area contributed by atoms with Crippen LogP contribution >= 0.6 is 0 Å². The van der Waals surface area contributed by atoms with Crippen LogP contribution in [-0.4, -0.2) is 46.4 Å². The van der Waals surface area contributed by atoms with Gasteiger partial charge in [-0.05, 0) is 29.8 Å². The molecule has 0 aromatic carbocycles. The number of rotatable bonds is 7. The normalized spacial score (nSPS) is 10.7. The van der Waals surface area contributed by atoms with Gasteiger partial charge < -0.3 is 15.4 Å². The highest BCUT2D eigenvalue weighted by molar-refractivity contribution is 6.02. The largest absolute Gasteiger partial charge is 0.383 e. The van der Waals surface area contributed by atoms with Crippen molar-refractivity contribution in [3.05, 3.63) is 66.0 Å². The quantitative estimate of drug-likeness (QED) is 0.619. The number of ether oxygens (including phenoxy) is 1. The Morgan fingerprint density at radius 1 is 1.12 bits per heavy atom. The molecule has 0 aliphatic carbocycles. The molecule has 8 nitrogen and oxygen atoms in total. The summed E-state index contributed by atoms with van der Waals surface area (Å²) in [5, 5.41) is 5.53. The fraction of sp³-hybridized carbons (Fsp3) is 0.222. The Morgan fingerprint density at radius 3 is 2.69 bits per heavy atom. The Kier molecular flexibility index (Phi) is 5.55. The zero-order valence-corrected chi connectivity index (χ0v) is 14.3. The van der Waals surface area contributed by atoms with Gasteiger partial charge in [-0.15, -0.1) is 0 Å². The molecule has 0 saturated heterocycles. The summed E-state index contributed by atoms with van der Waals surface area (Å²) in [6, 6.07) is 8.96. The fourth-order valence-corrected chi connectivity index (χ4v) is 2.48.